The molecule has 2 rings (SSSR count). The number of nitrogen functional groups attached to an aromatic ring is 1. The maximum absolute atomic E-state index is 12.9. The molecule has 0 atom stereocenters. The minimum absolute atomic E-state index is 0.0380. The fourth-order valence-corrected chi connectivity index (χ4v) is 2.24. The number of benzene rings is 1. The van der Waals surface area contributed by atoms with E-state index in [4.69, 9.17) is 22.4 Å². The van der Waals surface area contributed by atoms with Crippen LogP contribution in [0.2, 0.25) is 5.02 Å². The molecule has 0 fully saturated rings. The Bertz CT molecular complexity index is 600. The number of anilines is 1. The van der Waals surface area contributed by atoms with Gasteiger partial charge in [-0.3, -0.25) is 0 Å². The van der Waals surface area contributed by atoms with Crippen LogP contribution in [0.3, 0.4) is 0 Å². The SMILES string of the molecule is Nc1c(-c2ccc(F)cc2Cl)nsc1C(=O)O. The molecule has 17 heavy (non-hydrogen) atoms. The summed E-state index contributed by atoms with van der Waals surface area (Å²) in [5.74, 6) is -1.63. The maximum atomic E-state index is 12.9. The van der Waals surface area contributed by atoms with Gasteiger partial charge < -0.3 is 10.8 Å². The molecule has 3 N–H and O–H groups in total. The highest BCUT2D eigenvalue weighted by Gasteiger charge is 2.19. The number of carboxylic acid groups (broad SMARTS) is 1. The highest BCUT2D eigenvalue weighted by Crippen LogP contribution is 2.35. The predicted molar refractivity (Wildman–Crippen MR) is 63.9 cm³/mol. The van der Waals surface area contributed by atoms with Gasteiger partial charge in [0.1, 0.15) is 11.5 Å². The van der Waals surface area contributed by atoms with Gasteiger partial charge in [-0.15, -0.1) is 0 Å². The number of nitrogens with two attached hydrogens (primary N) is 1. The van der Waals surface area contributed by atoms with E-state index in [1.165, 1.54) is 12.1 Å². The van der Waals surface area contributed by atoms with Crippen LogP contribution in [0, 0.1) is 5.82 Å². The van der Waals surface area contributed by atoms with Gasteiger partial charge in [0.15, 0.2) is 4.88 Å². The van der Waals surface area contributed by atoms with E-state index in [1.54, 1.807) is 0 Å². The Morgan fingerprint density at radius 3 is 2.76 bits per heavy atom. The molecule has 7 heteroatoms. The third-order valence-electron chi connectivity index (χ3n) is 2.11. The smallest absolute Gasteiger partial charge is 0.349 e. The van der Waals surface area contributed by atoms with Crippen LogP contribution in [0.25, 0.3) is 11.3 Å². The van der Waals surface area contributed by atoms with Crippen LogP contribution >= 0.6 is 23.1 Å². The highest BCUT2D eigenvalue weighted by atomic mass is 35.5. The van der Waals surface area contributed by atoms with Crippen LogP contribution in [0.4, 0.5) is 10.1 Å². The third kappa shape index (κ3) is 2.09. The summed E-state index contributed by atoms with van der Waals surface area (Å²) in [6.07, 6.45) is 0. The van der Waals surface area contributed by atoms with Crippen molar-refractivity contribution in [2.24, 2.45) is 0 Å². The van der Waals surface area contributed by atoms with Crippen molar-refractivity contribution < 1.29 is 14.3 Å². The summed E-state index contributed by atoms with van der Waals surface area (Å²) < 4.78 is 16.8. The minimum Gasteiger partial charge on any atom is -0.477 e. The second kappa shape index (κ2) is 4.31. The Morgan fingerprint density at radius 1 is 1.53 bits per heavy atom. The van der Waals surface area contributed by atoms with Crippen molar-refractivity contribution in [3.05, 3.63) is 33.9 Å². The summed E-state index contributed by atoms with van der Waals surface area (Å²) in [4.78, 5) is 10.7. The normalized spacial score (nSPS) is 10.5. The average molecular weight is 273 g/mol. The zero-order valence-electron chi connectivity index (χ0n) is 8.28. The molecular formula is C10H6ClFN2O2S. The Morgan fingerprint density at radius 2 is 2.24 bits per heavy atom. The Hall–Kier alpha value is -1.66. The summed E-state index contributed by atoms with van der Waals surface area (Å²) >= 11 is 6.61. The molecule has 0 unspecified atom stereocenters. The number of hydrogen-bond acceptors (Lipinski definition) is 4. The lowest BCUT2D eigenvalue weighted by Gasteiger charge is -2.02. The Balaban J connectivity index is 2.57. The number of nitrogens with zero attached hydrogens (tertiary/aromatic N) is 1. The van der Waals surface area contributed by atoms with Crippen LogP contribution in [0.15, 0.2) is 18.2 Å². The van der Waals surface area contributed by atoms with E-state index < -0.39 is 11.8 Å². The molecule has 0 radical (unpaired) electrons. The number of rotatable bonds is 2. The number of carboxylic acids is 1. The van der Waals surface area contributed by atoms with Gasteiger partial charge in [-0.25, -0.2) is 9.18 Å². The molecule has 4 nitrogen and oxygen atoms in total. The lowest BCUT2D eigenvalue weighted by Crippen LogP contribution is -1.98. The molecule has 1 aromatic carbocycles. The Kier molecular flexibility index (Phi) is 2.99. The second-order valence-electron chi connectivity index (χ2n) is 3.20. The molecule has 0 spiro atoms. The van der Waals surface area contributed by atoms with Crippen molar-refractivity contribution in [1.82, 2.24) is 4.37 Å². The lowest BCUT2D eigenvalue weighted by molar-refractivity contribution is 0.0703. The monoisotopic (exact) mass is 272 g/mol. The second-order valence-corrected chi connectivity index (χ2v) is 4.38. The van der Waals surface area contributed by atoms with Crippen LogP contribution < -0.4 is 5.73 Å². The molecule has 0 aliphatic carbocycles. The van der Waals surface area contributed by atoms with Crippen LogP contribution in [0.1, 0.15) is 9.67 Å². The van der Waals surface area contributed by atoms with Gasteiger partial charge in [0, 0.05) is 5.56 Å². The summed E-state index contributed by atoms with van der Waals surface area (Å²) in [5.41, 5.74) is 6.37. The lowest BCUT2D eigenvalue weighted by atomic mass is 10.1. The highest BCUT2D eigenvalue weighted by molar-refractivity contribution is 7.09. The molecule has 0 saturated heterocycles. The summed E-state index contributed by atoms with van der Waals surface area (Å²) in [7, 11) is 0. The van der Waals surface area contributed by atoms with Gasteiger partial charge in [0.25, 0.3) is 0 Å². The number of carbonyl (C=O) groups is 1. The zero-order chi connectivity index (χ0) is 12.6. The first-order valence-electron chi connectivity index (χ1n) is 4.44. The number of halogens is 2. The first kappa shape index (κ1) is 11.8. The van der Waals surface area contributed by atoms with Gasteiger partial charge >= 0.3 is 5.97 Å². The average Bonchev–Trinajstić information content (AvgIpc) is 2.60. The Labute approximate surface area is 105 Å². The van der Waals surface area contributed by atoms with E-state index in [2.05, 4.69) is 4.37 Å². The summed E-state index contributed by atoms with van der Waals surface area (Å²) in [6, 6.07) is 3.74. The van der Waals surface area contributed by atoms with E-state index in [0.717, 1.165) is 17.6 Å². The molecule has 0 aliphatic heterocycles. The summed E-state index contributed by atoms with van der Waals surface area (Å²) in [6.45, 7) is 0. The number of hydrogen-bond donors (Lipinski definition) is 2. The van der Waals surface area contributed by atoms with Crippen molar-refractivity contribution in [3.8, 4) is 11.3 Å². The predicted octanol–water partition coefficient (Wildman–Crippen LogP) is 2.88. The molecule has 0 aliphatic rings. The van der Waals surface area contributed by atoms with E-state index in [-0.39, 0.29) is 21.3 Å². The molecule has 1 aromatic heterocycles. The molecule has 2 aromatic rings. The molecule has 0 amide bonds. The van der Waals surface area contributed by atoms with Crippen molar-refractivity contribution in [3.63, 3.8) is 0 Å². The largest absolute Gasteiger partial charge is 0.477 e. The quantitative estimate of drug-likeness (QED) is 0.881. The zero-order valence-corrected chi connectivity index (χ0v) is 9.85. The van der Waals surface area contributed by atoms with Crippen molar-refractivity contribution in [2.45, 2.75) is 0 Å². The van der Waals surface area contributed by atoms with Crippen molar-refractivity contribution in [1.29, 1.82) is 0 Å². The molecular weight excluding hydrogens is 267 g/mol. The first-order valence-corrected chi connectivity index (χ1v) is 5.59. The topological polar surface area (TPSA) is 76.2 Å². The minimum atomic E-state index is -1.15. The number of aromatic carboxylic acids is 1. The fraction of sp³-hybridized carbons (Fsp3) is 0. The van der Waals surface area contributed by atoms with E-state index in [9.17, 15) is 9.18 Å². The molecule has 0 bridgehead atoms. The van der Waals surface area contributed by atoms with Crippen LogP contribution in [-0.4, -0.2) is 15.4 Å². The molecule has 1 heterocycles. The van der Waals surface area contributed by atoms with E-state index >= 15 is 0 Å². The summed E-state index contributed by atoms with van der Waals surface area (Å²) in [5, 5.41) is 8.97. The van der Waals surface area contributed by atoms with Gasteiger partial charge in [0.2, 0.25) is 0 Å². The first-order chi connectivity index (χ1) is 8.00. The van der Waals surface area contributed by atoms with Crippen molar-refractivity contribution >= 4 is 34.8 Å². The third-order valence-corrected chi connectivity index (χ3v) is 3.27. The fourth-order valence-electron chi connectivity index (χ4n) is 1.33. The van der Waals surface area contributed by atoms with Gasteiger partial charge in [0.05, 0.1) is 10.7 Å². The van der Waals surface area contributed by atoms with Crippen LogP contribution in [-0.2, 0) is 0 Å². The molecule has 88 valence electrons. The van der Waals surface area contributed by atoms with E-state index in [1.807, 2.05) is 0 Å². The van der Waals surface area contributed by atoms with Crippen LogP contribution in [0.5, 0.6) is 0 Å². The maximum Gasteiger partial charge on any atom is 0.349 e. The van der Waals surface area contributed by atoms with Crippen molar-refractivity contribution in [2.75, 3.05) is 5.73 Å². The van der Waals surface area contributed by atoms with Gasteiger partial charge in [-0.1, -0.05) is 11.6 Å². The standard InChI is InChI=1S/C10H6ClFN2O2S/c11-6-3-4(12)1-2-5(6)8-7(13)9(10(15)16)17-14-8/h1-3H,13H2,(H,15,16). The van der Waals surface area contributed by atoms with Gasteiger partial charge in [-0.05, 0) is 29.7 Å². The van der Waals surface area contributed by atoms with Gasteiger partial charge in [-0.2, -0.15) is 4.37 Å². The number of aromatic nitrogens is 1. The van der Waals surface area contributed by atoms with E-state index in [0.29, 0.717) is 5.56 Å². The molecule has 0 saturated carbocycles.